The number of amides is 3. The summed E-state index contributed by atoms with van der Waals surface area (Å²) >= 11 is 0. The summed E-state index contributed by atoms with van der Waals surface area (Å²) in [5, 5.41) is 9.82. The highest BCUT2D eigenvalue weighted by molar-refractivity contribution is 5.99. The molecule has 3 atom stereocenters. The van der Waals surface area contributed by atoms with E-state index in [0.717, 1.165) is 56.7 Å². The molecule has 0 spiro atoms. The van der Waals surface area contributed by atoms with E-state index in [1.807, 2.05) is 74.5 Å². The largest absolute Gasteiger partial charge is 0.355 e. The molecular weight excluding hydrogens is 643 g/mol. The Hall–Kier alpha value is -4.71. The zero-order valence-electron chi connectivity index (χ0n) is 30.2. The summed E-state index contributed by atoms with van der Waals surface area (Å²) in [7, 11) is 0. The van der Waals surface area contributed by atoms with Crippen molar-refractivity contribution in [3.63, 3.8) is 0 Å². The van der Waals surface area contributed by atoms with Gasteiger partial charge < -0.3 is 16.0 Å². The molecule has 6 nitrogen and oxygen atoms in total. The van der Waals surface area contributed by atoms with E-state index in [1.165, 1.54) is 38.5 Å². The number of hydrogen-bond donors (Lipinski definition) is 3. The molecule has 4 aromatic carbocycles. The van der Waals surface area contributed by atoms with E-state index in [4.69, 9.17) is 0 Å². The Kier molecular flexibility index (Phi) is 8.32. The van der Waals surface area contributed by atoms with E-state index in [1.54, 1.807) is 0 Å². The van der Waals surface area contributed by atoms with E-state index in [0.29, 0.717) is 18.7 Å². The Bertz CT molecular complexity index is 1950. The second-order valence-electron chi connectivity index (χ2n) is 16.9. The number of carbonyl (C=O) groups excluding carboxylic acids is 3. The number of nitrogens with one attached hydrogen (secondary N) is 3. The number of benzene rings is 4. The number of carbonyl (C=O) groups is 3. The molecule has 3 N–H and O–H groups in total. The van der Waals surface area contributed by atoms with Gasteiger partial charge in [0.2, 0.25) is 17.7 Å². The van der Waals surface area contributed by atoms with E-state index in [2.05, 4.69) is 52.3 Å². The molecular formula is C46H49N3O3. The second-order valence-corrected chi connectivity index (χ2v) is 16.9. The lowest BCUT2D eigenvalue weighted by atomic mass is 9.49. The standard InChI is InChI=1S/C46H49N3O3/c1-27-16-17-33(18-28(27)2)48-43(50)38(22-29-10-4-3-5-11-29)49-45(52)42-40-36-14-8-6-12-34(36)39(35-13-7-9-15-37(35)40)41(42)44(51)47-26-46-23-30-19-31(24-46)21-32(20-30)25-46/h3-18,30-32,38-42H,19-26H2,1-2H3,(H,47,51)(H,48,50)(H,49,52)/t30?,31?,32?,38-,39?,40?,41?,42?,46?/m0/s1. The molecule has 0 saturated heterocycles. The highest BCUT2D eigenvalue weighted by Crippen LogP contribution is 2.61. The van der Waals surface area contributed by atoms with Gasteiger partial charge in [-0.15, -0.1) is 0 Å². The van der Waals surface area contributed by atoms with Crippen LogP contribution < -0.4 is 16.0 Å². The maximum Gasteiger partial charge on any atom is 0.247 e. The molecule has 2 unspecified atom stereocenters. The van der Waals surface area contributed by atoms with Crippen LogP contribution in [0.3, 0.4) is 0 Å². The summed E-state index contributed by atoms with van der Waals surface area (Å²) in [5.74, 6) is 0.0225. The van der Waals surface area contributed by atoms with E-state index < -0.39 is 17.9 Å². The van der Waals surface area contributed by atoms with Gasteiger partial charge in [-0.2, -0.15) is 0 Å². The number of fused-ring (bicyclic) bond motifs is 1. The molecule has 11 rings (SSSR count). The van der Waals surface area contributed by atoms with Crippen LogP contribution in [0.5, 0.6) is 0 Å². The van der Waals surface area contributed by atoms with Gasteiger partial charge in [0.1, 0.15) is 6.04 Å². The van der Waals surface area contributed by atoms with Crippen LogP contribution in [0.25, 0.3) is 0 Å². The average molecular weight is 692 g/mol. The number of hydrogen-bond acceptors (Lipinski definition) is 3. The third-order valence-corrected chi connectivity index (χ3v) is 13.5. The van der Waals surface area contributed by atoms with Gasteiger partial charge in [0.05, 0.1) is 11.8 Å². The van der Waals surface area contributed by atoms with Gasteiger partial charge in [-0.05, 0) is 127 Å². The highest BCUT2D eigenvalue weighted by Gasteiger charge is 2.56. The van der Waals surface area contributed by atoms with Crippen molar-refractivity contribution in [3.05, 3.63) is 136 Å². The summed E-state index contributed by atoms with van der Waals surface area (Å²) in [4.78, 5) is 44.0. The Morgan fingerprint density at radius 2 is 1.17 bits per heavy atom. The van der Waals surface area contributed by atoms with Crippen LogP contribution >= 0.6 is 0 Å². The zero-order valence-corrected chi connectivity index (χ0v) is 30.2. The fourth-order valence-electron chi connectivity index (χ4n) is 11.6. The summed E-state index contributed by atoms with van der Waals surface area (Å²) in [6.07, 6.45) is 8.04. The molecule has 0 radical (unpaired) electrons. The Morgan fingerprint density at radius 3 is 1.71 bits per heavy atom. The fraction of sp³-hybridized carbons (Fsp3) is 0.413. The maximum atomic E-state index is 15.0. The summed E-state index contributed by atoms with van der Waals surface area (Å²) in [6, 6.07) is 31.6. The minimum atomic E-state index is -0.835. The Labute approximate surface area is 307 Å². The Balaban J connectivity index is 1.05. The molecule has 4 aromatic rings. The molecule has 6 bridgehead atoms. The molecule has 7 aliphatic carbocycles. The SMILES string of the molecule is Cc1ccc(NC(=O)[C@H](Cc2ccccc2)NC(=O)C2C3c4ccccc4C(c4ccccc43)C2C(=O)NCC23CC4CC(CC(C4)C2)C3)cc1C. The minimum absolute atomic E-state index is 0.0332. The van der Waals surface area contributed by atoms with Crippen molar-refractivity contribution in [1.29, 1.82) is 0 Å². The second kappa shape index (κ2) is 13.1. The lowest BCUT2D eigenvalue weighted by molar-refractivity contribution is -0.139. The zero-order chi connectivity index (χ0) is 35.6. The third kappa shape index (κ3) is 5.84. The van der Waals surface area contributed by atoms with Crippen molar-refractivity contribution in [2.75, 3.05) is 11.9 Å². The predicted octanol–water partition coefficient (Wildman–Crippen LogP) is 7.83. The lowest BCUT2D eigenvalue weighted by Gasteiger charge is -2.57. The van der Waals surface area contributed by atoms with Crippen LogP contribution in [0.15, 0.2) is 97.1 Å². The third-order valence-electron chi connectivity index (χ3n) is 13.5. The first kappa shape index (κ1) is 33.1. The average Bonchev–Trinajstić information content (AvgIpc) is 3.14. The molecule has 0 aliphatic heterocycles. The number of rotatable bonds is 9. The van der Waals surface area contributed by atoms with Gasteiger partial charge in [0.15, 0.2) is 0 Å². The maximum absolute atomic E-state index is 15.0. The summed E-state index contributed by atoms with van der Waals surface area (Å²) in [5.41, 5.74) is 8.55. The van der Waals surface area contributed by atoms with Gasteiger partial charge in [-0.3, -0.25) is 14.4 Å². The molecule has 0 aromatic heterocycles. The quantitative estimate of drug-likeness (QED) is 0.167. The first-order valence-corrected chi connectivity index (χ1v) is 19.4. The highest BCUT2D eigenvalue weighted by atomic mass is 16.2. The minimum Gasteiger partial charge on any atom is -0.355 e. The van der Waals surface area contributed by atoms with Gasteiger partial charge in [-0.25, -0.2) is 0 Å². The van der Waals surface area contributed by atoms with Crippen LogP contribution in [0.4, 0.5) is 5.69 Å². The van der Waals surface area contributed by atoms with Crippen molar-refractivity contribution in [1.82, 2.24) is 10.6 Å². The first-order chi connectivity index (χ1) is 25.2. The van der Waals surface area contributed by atoms with Crippen molar-refractivity contribution in [2.24, 2.45) is 35.0 Å². The van der Waals surface area contributed by atoms with Crippen molar-refractivity contribution >= 4 is 23.4 Å². The number of aryl methyl sites for hydroxylation is 2. The Morgan fingerprint density at radius 1 is 0.654 bits per heavy atom. The molecule has 6 heteroatoms. The monoisotopic (exact) mass is 691 g/mol. The van der Waals surface area contributed by atoms with Crippen LogP contribution in [-0.4, -0.2) is 30.3 Å². The van der Waals surface area contributed by atoms with Gasteiger partial charge in [0, 0.05) is 30.5 Å². The predicted molar refractivity (Wildman–Crippen MR) is 204 cm³/mol. The normalized spacial score (nSPS) is 29.5. The van der Waals surface area contributed by atoms with Crippen LogP contribution in [0, 0.1) is 48.9 Å². The molecule has 4 fully saturated rings. The van der Waals surface area contributed by atoms with Crippen molar-refractivity contribution < 1.29 is 14.4 Å². The van der Waals surface area contributed by atoms with Gasteiger partial charge in [0.25, 0.3) is 0 Å². The first-order valence-electron chi connectivity index (χ1n) is 19.4. The van der Waals surface area contributed by atoms with Crippen molar-refractivity contribution in [2.45, 2.75) is 76.7 Å². The smallest absolute Gasteiger partial charge is 0.247 e. The summed E-state index contributed by atoms with van der Waals surface area (Å²) in [6.45, 7) is 4.76. The fourth-order valence-corrected chi connectivity index (χ4v) is 11.6. The lowest BCUT2D eigenvalue weighted by Crippen LogP contribution is -2.57. The molecule has 4 saturated carbocycles. The molecule has 266 valence electrons. The van der Waals surface area contributed by atoms with E-state index in [-0.39, 0.29) is 35.0 Å². The molecule has 52 heavy (non-hydrogen) atoms. The van der Waals surface area contributed by atoms with Gasteiger partial charge in [-0.1, -0.05) is 84.9 Å². The number of anilines is 1. The topological polar surface area (TPSA) is 87.3 Å². The van der Waals surface area contributed by atoms with Crippen LogP contribution in [0.1, 0.15) is 89.3 Å². The van der Waals surface area contributed by atoms with Crippen molar-refractivity contribution in [3.8, 4) is 0 Å². The molecule has 3 amide bonds. The van der Waals surface area contributed by atoms with E-state index >= 15 is 4.79 Å². The van der Waals surface area contributed by atoms with Crippen LogP contribution in [-0.2, 0) is 20.8 Å². The summed E-state index contributed by atoms with van der Waals surface area (Å²) < 4.78 is 0. The van der Waals surface area contributed by atoms with E-state index in [9.17, 15) is 9.59 Å². The van der Waals surface area contributed by atoms with Crippen LogP contribution in [0.2, 0.25) is 0 Å². The van der Waals surface area contributed by atoms with Gasteiger partial charge >= 0.3 is 0 Å². The molecule has 7 aliphatic rings. The molecule has 0 heterocycles.